The number of hydrogen-bond donors (Lipinski definition) is 2. The number of amides is 1. The van der Waals surface area contributed by atoms with Crippen LogP contribution < -0.4 is 15.4 Å². The summed E-state index contributed by atoms with van der Waals surface area (Å²) in [5.74, 6) is 0.392. The summed E-state index contributed by atoms with van der Waals surface area (Å²) in [5, 5.41) is 0. The van der Waals surface area contributed by atoms with Crippen molar-refractivity contribution in [1.29, 1.82) is 0 Å². The molecule has 0 heterocycles. The molecule has 0 saturated carbocycles. The van der Waals surface area contributed by atoms with Crippen LogP contribution in [0, 0.1) is 0 Å². The summed E-state index contributed by atoms with van der Waals surface area (Å²) in [6.45, 7) is 6.43. The Balaban J connectivity index is 3.05. The van der Waals surface area contributed by atoms with Gasteiger partial charge in [0.1, 0.15) is 12.3 Å². The van der Waals surface area contributed by atoms with E-state index >= 15 is 0 Å². The molecule has 1 amide bonds. The van der Waals surface area contributed by atoms with E-state index in [9.17, 15) is 9.59 Å². The smallest absolute Gasteiger partial charge is 0.272 e. The number of ether oxygens (including phenoxy) is 1. The van der Waals surface area contributed by atoms with Gasteiger partial charge in [-0.15, -0.1) is 0 Å². The van der Waals surface area contributed by atoms with Crippen molar-refractivity contribution in [2.45, 2.75) is 33.4 Å². The zero-order valence-electron chi connectivity index (χ0n) is 12.5. The van der Waals surface area contributed by atoms with Crippen LogP contribution >= 0.6 is 0 Å². The minimum atomic E-state index is -0.338. The summed E-state index contributed by atoms with van der Waals surface area (Å²) in [6.07, 6.45) is 0. The van der Waals surface area contributed by atoms with Gasteiger partial charge in [-0.1, -0.05) is 0 Å². The van der Waals surface area contributed by atoms with E-state index in [1.165, 1.54) is 6.92 Å². The highest BCUT2D eigenvalue weighted by molar-refractivity contribution is 5.94. The molecular weight excluding hydrogens is 256 g/mol. The normalized spacial score (nSPS) is 12.2. The molecule has 0 saturated heterocycles. The van der Waals surface area contributed by atoms with Crippen molar-refractivity contribution < 1.29 is 19.2 Å². The minimum absolute atomic E-state index is 0.00917. The van der Waals surface area contributed by atoms with Gasteiger partial charge in [-0.2, -0.15) is 0 Å². The number of quaternary nitrogens is 1. The van der Waals surface area contributed by atoms with Crippen molar-refractivity contribution >= 4 is 11.7 Å². The summed E-state index contributed by atoms with van der Waals surface area (Å²) in [5.41, 5.74) is 6.84. The molecule has 0 aliphatic rings. The topological polar surface area (TPSA) is 73.8 Å². The maximum atomic E-state index is 11.5. The Kier molecular flexibility index (Phi) is 5.70. The van der Waals surface area contributed by atoms with Crippen LogP contribution in [0.1, 0.15) is 36.7 Å². The Morgan fingerprint density at radius 2 is 2.00 bits per heavy atom. The number of nitrogens with one attached hydrogen (secondary N) is 1. The second-order valence-corrected chi connectivity index (χ2v) is 5.22. The predicted molar refractivity (Wildman–Crippen MR) is 76.9 cm³/mol. The average Bonchev–Trinajstić information content (AvgIpc) is 2.37. The molecule has 5 nitrogen and oxygen atoms in total. The second-order valence-electron chi connectivity index (χ2n) is 5.22. The van der Waals surface area contributed by atoms with E-state index in [1.807, 2.05) is 19.9 Å². The number of methoxy groups -OCH3 is 1. The standard InChI is InChI=1S/C15H22N2O3/c1-10(2)17(9-15(16)19)8-13-7-12(11(3)18)5-6-14(13)20-4/h5-7,10H,8-9H2,1-4H3,(H2,16,19)/p+1. The molecule has 20 heavy (non-hydrogen) atoms. The molecule has 110 valence electrons. The molecule has 1 unspecified atom stereocenters. The summed E-state index contributed by atoms with van der Waals surface area (Å²) in [6, 6.07) is 5.60. The third kappa shape index (κ3) is 4.35. The van der Waals surface area contributed by atoms with E-state index in [0.29, 0.717) is 12.1 Å². The van der Waals surface area contributed by atoms with E-state index in [2.05, 4.69) is 0 Å². The lowest BCUT2D eigenvalue weighted by molar-refractivity contribution is -0.927. The lowest BCUT2D eigenvalue weighted by Crippen LogP contribution is -3.14. The lowest BCUT2D eigenvalue weighted by atomic mass is 10.1. The van der Waals surface area contributed by atoms with Gasteiger partial charge in [-0.25, -0.2) is 0 Å². The van der Waals surface area contributed by atoms with Gasteiger partial charge in [-0.05, 0) is 39.0 Å². The number of nitrogens with two attached hydrogens (primary N) is 1. The van der Waals surface area contributed by atoms with Gasteiger partial charge >= 0.3 is 0 Å². The number of Topliss-reactive ketones (excluding diaryl/α,β-unsaturated/α-hetero) is 1. The molecule has 0 aliphatic carbocycles. The van der Waals surface area contributed by atoms with Gasteiger partial charge in [0.05, 0.1) is 13.2 Å². The van der Waals surface area contributed by atoms with Gasteiger partial charge in [0.2, 0.25) is 0 Å². The first-order valence-electron chi connectivity index (χ1n) is 6.65. The molecule has 0 fully saturated rings. The third-order valence-electron chi connectivity index (χ3n) is 3.32. The average molecular weight is 279 g/mol. The van der Waals surface area contributed by atoms with E-state index in [1.54, 1.807) is 19.2 Å². The molecule has 0 aromatic heterocycles. The molecule has 1 aromatic carbocycles. The molecule has 0 aliphatic heterocycles. The highest BCUT2D eigenvalue weighted by Gasteiger charge is 2.19. The van der Waals surface area contributed by atoms with Crippen LogP contribution in [0.25, 0.3) is 0 Å². The first-order valence-corrected chi connectivity index (χ1v) is 6.65. The van der Waals surface area contributed by atoms with Crippen LogP contribution in [0.2, 0.25) is 0 Å². The quantitative estimate of drug-likeness (QED) is 0.699. The minimum Gasteiger partial charge on any atom is -0.496 e. The molecule has 0 spiro atoms. The number of hydrogen-bond acceptors (Lipinski definition) is 3. The van der Waals surface area contributed by atoms with Gasteiger partial charge in [0.15, 0.2) is 12.3 Å². The Morgan fingerprint density at radius 1 is 1.35 bits per heavy atom. The molecule has 0 radical (unpaired) electrons. The van der Waals surface area contributed by atoms with Crippen LogP contribution in [-0.4, -0.2) is 31.4 Å². The van der Waals surface area contributed by atoms with Crippen LogP contribution in [0.5, 0.6) is 5.75 Å². The second kappa shape index (κ2) is 7.05. The van der Waals surface area contributed by atoms with Crippen molar-refractivity contribution in [2.75, 3.05) is 13.7 Å². The number of benzene rings is 1. The number of ketones is 1. The SMILES string of the molecule is COc1ccc(C(C)=O)cc1C[NH+](CC(N)=O)C(C)C. The van der Waals surface area contributed by atoms with E-state index in [-0.39, 0.29) is 24.3 Å². The predicted octanol–water partition coefficient (Wildman–Crippen LogP) is 0.176. The van der Waals surface area contributed by atoms with Crippen molar-refractivity contribution in [3.05, 3.63) is 29.3 Å². The summed E-state index contributed by atoms with van der Waals surface area (Å²) in [4.78, 5) is 23.7. The fourth-order valence-corrected chi connectivity index (χ4v) is 2.07. The Morgan fingerprint density at radius 3 is 2.45 bits per heavy atom. The zero-order valence-corrected chi connectivity index (χ0v) is 12.5. The van der Waals surface area contributed by atoms with Crippen LogP contribution in [-0.2, 0) is 11.3 Å². The third-order valence-corrected chi connectivity index (χ3v) is 3.32. The molecule has 0 bridgehead atoms. The molecular formula is C15H23N2O3+. The van der Waals surface area contributed by atoms with Crippen molar-refractivity contribution in [3.8, 4) is 5.75 Å². The molecule has 1 aromatic rings. The number of carbonyl (C=O) groups is 2. The number of rotatable bonds is 7. The lowest BCUT2D eigenvalue weighted by Gasteiger charge is -2.23. The van der Waals surface area contributed by atoms with Crippen LogP contribution in [0.3, 0.4) is 0 Å². The van der Waals surface area contributed by atoms with Crippen LogP contribution in [0.4, 0.5) is 0 Å². The Labute approximate surface area is 119 Å². The summed E-state index contributed by atoms with van der Waals surface area (Å²) >= 11 is 0. The maximum absolute atomic E-state index is 11.5. The molecule has 1 rings (SSSR count). The first-order chi connectivity index (χ1) is 9.35. The molecule has 3 N–H and O–H groups in total. The van der Waals surface area contributed by atoms with E-state index < -0.39 is 0 Å². The fourth-order valence-electron chi connectivity index (χ4n) is 2.07. The maximum Gasteiger partial charge on any atom is 0.272 e. The fraction of sp³-hybridized carbons (Fsp3) is 0.467. The highest BCUT2D eigenvalue weighted by atomic mass is 16.5. The number of carbonyl (C=O) groups excluding carboxylic acids is 2. The highest BCUT2D eigenvalue weighted by Crippen LogP contribution is 2.19. The largest absolute Gasteiger partial charge is 0.496 e. The first kappa shape index (κ1) is 16.2. The van der Waals surface area contributed by atoms with Gasteiger partial charge in [0.25, 0.3) is 5.91 Å². The Hall–Kier alpha value is -1.88. The van der Waals surface area contributed by atoms with Gasteiger partial charge in [0, 0.05) is 11.1 Å². The number of primary amides is 1. The van der Waals surface area contributed by atoms with Crippen molar-refractivity contribution in [2.24, 2.45) is 5.73 Å². The molecule has 1 atom stereocenters. The van der Waals surface area contributed by atoms with Gasteiger partial charge in [-0.3, -0.25) is 9.59 Å². The Bertz CT molecular complexity index is 498. The molecule has 5 heteroatoms. The van der Waals surface area contributed by atoms with Gasteiger partial charge < -0.3 is 15.4 Å². The van der Waals surface area contributed by atoms with Crippen molar-refractivity contribution in [1.82, 2.24) is 0 Å². The van der Waals surface area contributed by atoms with E-state index in [0.717, 1.165) is 16.2 Å². The zero-order chi connectivity index (χ0) is 15.3. The van der Waals surface area contributed by atoms with Crippen LogP contribution in [0.15, 0.2) is 18.2 Å². The van der Waals surface area contributed by atoms with E-state index in [4.69, 9.17) is 10.5 Å². The summed E-state index contributed by atoms with van der Waals surface area (Å²) in [7, 11) is 1.59. The summed E-state index contributed by atoms with van der Waals surface area (Å²) < 4.78 is 5.32. The monoisotopic (exact) mass is 279 g/mol. The van der Waals surface area contributed by atoms with Crippen molar-refractivity contribution in [3.63, 3.8) is 0 Å².